The normalized spacial score (nSPS) is 10.8. The molecular formula is C17H17N3O. The standard InChI is InChI=1S/C17H17N3O/c1-12-5-6-14-7-8-20(16(14)9-12)11-13-3-2-4-15(10-13)17(21)19-18/h2-10H,11,18H2,1H3,(H,19,21). The lowest BCUT2D eigenvalue weighted by atomic mass is 10.1. The second-order valence-electron chi connectivity index (χ2n) is 5.18. The highest BCUT2D eigenvalue weighted by atomic mass is 16.2. The Balaban J connectivity index is 1.95. The van der Waals surface area contributed by atoms with Crippen LogP contribution >= 0.6 is 0 Å². The Morgan fingerprint density at radius 2 is 2.05 bits per heavy atom. The number of nitrogens with one attached hydrogen (secondary N) is 1. The van der Waals surface area contributed by atoms with Crippen LogP contribution < -0.4 is 11.3 Å². The minimum atomic E-state index is -0.273. The lowest BCUT2D eigenvalue weighted by Crippen LogP contribution is -2.30. The summed E-state index contributed by atoms with van der Waals surface area (Å²) in [6, 6.07) is 16.0. The van der Waals surface area contributed by atoms with E-state index in [9.17, 15) is 4.79 Å². The number of nitrogen functional groups attached to an aromatic ring is 1. The molecule has 0 atom stereocenters. The van der Waals surface area contributed by atoms with Crippen LogP contribution in [0.4, 0.5) is 0 Å². The van der Waals surface area contributed by atoms with Crippen LogP contribution in [0.15, 0.2) is 54.7 Å². The lowest BCUT2D eigenvalue weighted by molar-refractivity contribution is 0.0953. The fourth-order valence-corrected chi connectivity index (χ4v) is 2.52. The summed E-state index contributed by atoms with van der Waals surface area (Å²) in [4.78, 5) is 11.6. The van der Waals surface area contributed by atoms with Gasteiger partial charge in [0.1, 0.15) is 0 Å². The molecule has 0 aliphatic heterocycles. The molecule has 3 rings (SSSR count). The van der Waals surface area contributed by atoms with Crippen LogP contribution in [0.25, 0.3) is 10.9 Å². The van der Waals surface area contributed by atoms with E-state index in [-0.39, 0.29) is 5.91 Å². The van der Waals surface area contributed by atoms with Gasteiger partial charge in [0, 0.05) is 23.8 Å². The summed E-state index contributed by atoms with van der Waals surface area (Å²) in [6.07, 6.45) is 2.07. The molecule has 3 N–H and O–H groups in total. The minimum Gasteiger partial charge on any atom is -0.343 e. The van der Waals surface area contributed by atoms with Gasteiger partial charge in [-0.2, -0.15) is 0 Å². The fourth-order valence-electron chi connectivity index (χ4n) is 2.52. The molecule has 1 heterocycles. The van der Waals surface area contributed by atoms with Gasteiger partial charge in [0.15, 0.2) is 0 Å². The number of hydrogen-bond acceptors (Lipinski definition) is 2. The number of fused-ring (bicyclic) bond motifs is 1. The third kappa shape index (κ3) is 2.66. The lowest BCUT2D eigenvalue weighted by Gasteiger charge is -2.08. The maximum atomic E-state index is 11.6. The number of nitrogens with zero attached hydrogens (tertiary/aromatic N) is 1. The first-order valence-corrected chi connectivity index (χ1v) is 6.83. The maximum Gasteiger partial charge on any atom is 0.265 e. The number of nitrogens with two attached hydrogens (primary N) is 1. The number of hydrogen-bond donors (Lipinski definition) is 2. The Labute approximate surface area is 123 Å². The van der Waals surface area contributed by atoms with Gasteiger partial charge in [-0.1, -0.05) is 24.3 Å². The van der Waals surface area contributed by atoms with Crippen molar-refractivity contribution in [2.75, 3.05) is 0 Å². The van der Waals surface area contributed by atoms with E-state index in [0.29, 0.717) is 5.56 Å². The second kappa shape index (κ2) is 5.42. The third-order valence-electron chi connectivity index (χ3n) is 3.60. The Hall–Kier alpha value is -2.59. The van der Waals surface area contributed by atoms with Gasteiger partial charge in [-0.15, -0.1) is 0 Å². The first-order valence-electron chi connectivity index (χ1n) is 6.83. The van der Waals surface area contributed by atoms with Gasteiger partial charge in [0.2, 0.25) is 0 Å². The van der Waals surface area contributed by atoms with E-state index in [1.807, 2.05) is 18.2 Å². The van der Waals surface area contributed by atoms with Crippen LogP contribution in [-0.2, 0) is 6.54 Å². The smallest absolute Gasteiger partial charge is 0.265 e. The average Bonchev–Trinajstić information content (AvgIpc) is 2.89. The van der Waals surface area contributed by atoms with Crippen LogP contribution in [0.5, 0.6) is 0 Å². The Bertz CT molecular complexity index is 805. The number of carbonyl (C=O) groups excluding carboxylic acids is 1. The molecule has 0 aliphatic rings. The summed E-state index contributed by atoms with van der Waals surface area (Å²) in [5.41, 5.74) is 6.23. The molecular weight excluding hydrogens is 262 g/mol. The molecule has 0 unspecified atom stereocenters. The van der Waals surface area contributed by atoms with E-state index >= 15 is 0 Å². The number of rotatable bonds is 3. The first-order chi connectivity index (χ1) is 10.2. The number of aromatic nitrogens is 1. The maximum absolute atomic E-state index is 11.6. The average molecular weight is 279 g/mol. The molecule has 0 spiro atoms. The predicted molar refractivity (Wildman–Crippen MR) is 83.9 cm³/mol. The van der Waals surface area contributed by atoms with Crippen molar-refractivity contribution in [2.24, 2.45) is 5.84 Å². The van der Waals surface area contributed by atoms with Crippen molar-refractivity contribution in [2.45, 2.75) is 13.5 Å². The zero-order chi connectivity index (χ0) is 14.8. The van der Waals surface area contributed by atoms with Crippen LogP contribution in [-0.4, -0.2) is 10.5 Å². The van der Waals surface area contributed by atoms with E-state index in [4.69, 9.17) is 5.84 Å². The van der Waals surface area contributed by atoms with Crippen molar-refractivity contribution in [3.8, 4) is 0 Å². The van der Waals surface area contributed by atoms with E-state index in [0.717, 1.165) is 12.1 Å². The van der Waals surface area contributed by atoms with Crippen LogP contribution in [0.1, 0.15) is 21.5 Å². The van der Waals surface area contributed by atoms with Gasteiger partial charge >= 0.3 is 0 Å². The van der Waals surface area contributed by atoms with Gasteiger partial charge in [-0.3, -0.25) is 10.2 Å². The van der Waals surface area contributed by atoms with E-state index in [1.165, 1.54) is 16.5 Å². The second-order valence-corrected chi connectivity index (χ2v) is 5.18. The molecule has 1 amide bonds. The van der Waals surface area contributed by atoms with Gasteiger partial charge < -0.3 is 4.57 Å². The quantitative estimate of drug-likeness (QED) is 0.440. The molecule has 0 saturated heterocycles. The zero-order valence-electron chi connectivity index (χ0n) is 11.8. The monoisotopic (exact) mass is 279 g/mol. The number of carbonyl (C=O) groups is 1. The fraction of sp³-hybridized carbons (Fsp3) is 0.118. The molecule has 0 radical (unpaired) electrons. The highest BCUT2D eigenvalue weighted by Gasteiger charge is 2.06. The summed E-state index contributed by atoms with van der Waals surface area (Å²) in [5.74, 6) is 4.90. The van der Waals surface area contributed by atoms with E-state index in [2.05, 4.69) is 47.4 Å². The summed E-state index contributed by atoms with van der Waals surface area (Å²) in [7, 11) is 0. The summed E-state index contributed by atoms with van der Waals surface area (Å²) < 4.78 is 2.18. The highest BCUT2D eigenvalue weighted by molar-refractivity contribution is 5.93. The molecule has 1 aromatic heterocycles. The number of aryl methyl sites for hydroxylation is 1. The molecule has 4 heteroatoms. The van der Waals surface area contributed by atoms with E-state index < -0.39 is 0 Å². The van der Waals surface area contributed by atoms with Crippen molar-refractivity contribution in [1.82, 2.24) is 9.99 Å². The third-order valence-corrected chi connectivity index (χ3v) is 3.60. The van der Waals surface area contributed by atoms with Crippen LogP contribution in [0.2, 0.25) is 0 Å². The number of amides is 1. The van der Waals surface area contributed by atoms with Crippen molar-refractivity contribution in [3.05, 3.63) is 71.4 Å². The Morgan fingerprint density at radius 3 is 2.86 bits per heavy atom. The molecule has 21 heavy (non-hydrogen) atoms. The van der Waals surface area contributed by atoms with Crippen molar-refractivity contribution >= 4 is 16.8 Å². The molecule has 0 fully saturated rings. The van der Waals surface area contributed by atoms with Crippen molar-refractivity contribution in [3.63, 3.8) is 0 Å². The summed E-state index contributed by atoms with van der Waals surface area (Å²) >= 11 is 0. The zero-order valence-corrected chi connectivity index (χ0v) is 11.8. The molecule has 4 nitrogen and oxygen atoms in total. The molecule has 0 bridgehead atoms. The van der Waals surface area contributed by atoms with E-state index in [1.54, 1.807) is 6.07 Å². The number of hydrazine groups is 1. The largest absolute Gasteiger partial charge is 0.343 e. The molecule has 3 aromatic rings. The minimum absolute atomic E-state index is 0.273. The molecule has 2 aromatic carbocycles. The van der Waals surface area contributed by atoms with Gasteiger partial charge in [0.25, 0.3) is 5.91 Å². The van der Waals surface area contributed by atoms with Gasteiger partial charge in [0.05, 0.1) is 0 Å². The molecule has 106 valence electrons. The van der Waals surface area contributed by atoms with Gasteiger partial charge in [-0.05, 0) is 47.7 Å². The molecule has 0 aliphatic carbocycles. The first kappa shape index (κ1) is 13.4. The summed E-state index contributed by atoms with van der Waals surface area (Å²) in [6.45, 7) is 2.81. The molecule has 0 saturated carbocycles. The van der Waals surface area contributed by atoms with Crippen LogP contribution in [0, 0.1) is 6.92 Å². The summed E-state index contributed by atoms with van der Waals surface area (Å²) in [5, 5.41) is 1.22. The van der Waals surface area contributed by atoms with Crippen molar-refractivity contribution in [1.29, 1.82) is 0 Å². The topological polar surface area (TPSA) is 60.0 Å². The number of benzene rings is 2. The van der Waals surface area contributed by atoms with Crippen molar-refractivity contribution < 1.29 is 4.79 Å². The Kier molecular flexibility index (Phi) is 3.46. The highest BCUT2D eigenvalue weighted by Crippen LogP contribution is 2.19. The Morgan fingerprint density at radius 1 is 1.19 bits per heavy atom. The predicted octanol–water partition coefficient (Wildman–Crippen LogP) is 2.60. The van der Waals surface area contributed by atoms with Gasteiger partial charge in [-0.25, -0.2) is 5.84 Å². The van der Waals surface area contributed by atoms with Crippen LogP contribution in [0.3, 0.4) is 0 Å². The SMILES string of the molecule is Cc1ccc2ccn(Cc3cccc(C(=O)NN)c3)c2c1.